The van der Waals surface area contributed by atoms with Crippen molar-refractivity contribution in [2.24, 2.45) is 0 Å². The molecular weight excluding hydrogens is 366 g/mol. The summed E-state index contributed by atoms with van der Waals surface area (Å²) < 4.78 is 2.31. The first-order valence-corrected chi connectivity index (χ1v) is 7.87. The van der Waals surface area contributed by atoms with Crippen molar-refractivity contribution < 1.29 is 0 Å². The van der Waals surface area contributed by atoms with E-state index in [1.54, 1.807) is 0 Å². The lowest BCUT2D eigenvalue weighted by atomic mass is 9.98. The molecule has 1 nitrogen and oxygen atoms in total. The third kappa shape index (κ3) is 3.68. The summed E-state index contributed by atoms with van der Waals surface area (Å²) >= 11 is 7.29. The van der Waals surface area contributed by atoms with Crippen molar-refractivity contribution in [2.75, 3.05) is 7.05 Å². The van der Waals surface area contributed by atoms with Gasteiger partial charge in [-0.3, -0.25) is 0 Å². The normalized spacial score (nSPS) is 12.4. The van der Waals surface area contributed by atoms with Gasteiger partial charge in [-0.15, -0.1) is 0 Å². The molecule has 100 valence electrons. The van der Waals surface area contributed by atoms with Crippen LogP contribution in [0.25, 0.3) is 0 Å². The molecule has 1 atom stereocenters. The monoisotopic (exact) mass is 381 g/mol. The zero-order valence-corrected chi connectivity index (χ0v) is 14.3. The molecular formula is C16H17Br2N. The van der Waals surface area contributed by atoms with Crippen LogP contribution in [0, 0.1) is 6.92 Å². The van der Waals surface area contributed by atoms with Gasteiger partial charge >= 0.3 is 0 Å². The maximum absolute atomic E-state index is 3.68. The smallest absolute Gasteiger partial charge is 0.0370 e. The highest BCUT2D eigenvalue weighted by Gasteiger charge is 2.14. The number of halogens is 2. The fraction of sp³-hybridized carbons (Fsp3) is 0.250. The second-order valence-electron chi connectivity index (χ2n) is 4.65. The number of hydrogen-bond acceptors (Lipinski definition) is 1. The van der Waals surface area contributed by atoms with Crippen molar-refractivity contribution in [3.8, 4) is 0 Å². The highest BCUT2D eigenvalue weighted by molar-refractivity contribution is 9.11. The van der Waals surface area contributed by atoms with E-state index in [-0.39, 0.29) is 0 Å². The summed E-state index contributed by atoms with van der Waals surface area (Å²) in [7, 11) is 2.01. The van der Waals surface area contributed by atoms with Gasteiger partial charge in [0.1, 0.15) is 0 Å². The van der Waals surface area contributed by atoms with Gasteiger partial charge < -0.3 is 5.32 Å². The van der Waals surface area contributed by atoms with Crippen LogP contribution in [-0.2, 0) is 6.42 Å². The zero-order chi connectivity index (χ0) is 13.8. The maximum Gasteiger partial charge on any atom is 0.0370 e. The Morgan fingerprint density at radius 1 is 1.05 bits per heavy atom. The SMILES string of the molecule is CNC(Cc1ccccc1)c1cc(Br)c(C)cc1Br. The van der Waals surface area contributed by atoms with Gasteiger partial charge in [-0.05, 0) is 49.2 Å². The Balaban J connectivity index is 2.30. The van der Waals surface area contributed by atoms with Crippen molar-refractivity contribution in [2.45, 2.75) is 19.4 Å². The Bertz CT molecular complexity index is 552. The molecule has 2 rings (SSSR count). The molecule has 0 heterocycles. The van der Waals surface area contributed by atoms with Crippen LogP contribution in [0.1, 0.15) is 22.7 Å². The molecule has 1 N–H and O–H groups in total. The van der Waals surface area contributed by atoms with E-state index < -0.39 is 0 Å². The first-order chi connectivity index (χ1) is 9.11. The van der Waals surface area contributed by atoms with Crippen LogP contribution < -0.4 is 5.32 Å². The van der Waals surface area contributed by atoms with Crippen LogP contribution in [0.3, 0.4) is 0 Å². The van der Waals surface area contributed by atoms with Gasteiger partial charge in [0.25, 0.3) is 0 Å². The Labute approximate surface area is 131 Å². The molecule has 0 radical (unpaired) electrons. The summed E-state index contributed by atoms with van der Waals surface area (Å²) in [5.41, 5.74) is 3.86. The third-order valence-corrected chi connectivity index (χ3v) is 4.83. The van der Waals surface area contributed by atoms with Crippen LogP contribution in [0.2, 0.25) is 0 Å². The first kappa shape index (κ1) is 14.8. The second-order valence-corrected chi connectivity index (χ2v) is 6.36. The molecule has 19 heavy (non-hydrogen) atoms. The van der Waals surface area contributed by atoms with E-state index in [0.717, 1.165) is 15.4 Å². The summed E-state index contributed by atoms with van der Waals surface area (Å²) in [6, 6.07) is 15.2. The van der Waals surface area contributed by atoms with Crippen molar-refractivity contribution >= 4 is 31.9 Å². The van der Waals surface area contributed by atoms with Gasteiger partial charge in [-0.1, -0.05) is 62.2 Å². The van der Waals surface area contributed by atoms with Crippen LogP contribution >= 0.6 is 31.9 Å². The van der Waals surface area contributed by atoms with Crippen LogP contribution in [0.15, 0.2) is 51.4 Å². The fourth-order valence-corrected chi connectivity index (χ4v) is 3.24. The lowest BCUT2D eigenvalue weighted by Crippen LogP contribution is -2.19. The predicted molar refractivity (Wildman–Crippen MR) is 88.5 cm³/mol. The maximum atomic E-state index is 3.68. The van der Waals surface area contributed by atoms with Crippen molar-refractivity contribution in [3.05, 3.63) is 68.1 Å². The van der Waals surface area contributed by atoms with Crippen molar-refractivity contribution in [1.29, 1.82) is 0 Å². The van der Waals surface area contributed by atoms with E-state index >= 15 is 0 Å². The molecule has 0 saturated carbocycles. The predicted octanol–water partition coefficient (Wildman–Crippen LogP) is 5.02. The molecule has 0 aliphatic rings. The fourth-order valence-electron chi connectivity index (χ4n) is 2.15. The molecule has 2 aromatic rings. The van der Waals surface area contributed by atoms with Gasteiger partial charge in [0.15, 0.2) is 0 Å². The Morgan fingerprint density at radius 3 is 2.37 bits per heavy atom. The van der Waals surface area contributed by atoms with Gasteiger partial charge in [0, 0.05) is 15.0 Å². The third-order valence-electron chi connectivity index (χ3n) is 3.28. The summed E-state index contributed by atoms with van der Waals surface area (Å²) in [5.74, 6) is 0. The first-order valence-electron chi connectivity index (χ1n) is 6.28. The number of aryl methyl sites for hydroxylation is 1. The average Bonchev–Trinajstić information content (AvgIpc) is 2.42. The Morgan fingerprint density at radius 2 is 1.74 bits per heavy atom. The van der Waals surface area contributed by atoms with Crippen molar-refractivity contribution in [3.63, 3.8) is 0 Å². The molecule has 0 bridgehead atoms. The number of hydrogen-bond donors (Lipinski definition) is 1. The molecule has 1 unspecified atom stereocenters. The molecule has 0 aliphatic carbocycles. The van der Waals surface area contributed by atoms with E-state index in [4.69, 9.17) is 0 Å². The van der Waals surface area contributed by atoms with Gasteiger partial charge in [0.05, 0.1) is 0 Å². The molecule has 0 fully saturated rings. The van der Waals surface area contributed by atoms with Gasteiger partial charge in [-0.2, -0.15) is 0 Å². The topological polar surface area (TPSA) is 12.0 Å². The number of rotatable bonds is 4. The number of benzene rings is 2. The molecule has 3 heteroatoms. The number of likely N-dealkylation sites (N-methyl/N-ethyl adjacent to an activating group) is 1. The largest absolute Gasteiger partial charge is 0.313 e. The van der Waals surface area contributed by atoms with E-state index in [9.17, 15) is 0 Å². The Kier molecular flexibility index (Phi) is 5.20. The van der Waals surface area contributed by atoms with Gasteiger partial charge in [-0.25, -0.2) is 0 Å². The highest BCUT2D eigenvalue weighted by atomic mass is 79.9. The van der Waals surface area contributed by atoms with E-state index in [2.05, 4.69) is 86.6 Å². The zero-order valence-electron chi connectivity index (χ0n) is 11.1. The quantitative estimate of drug-likeness (QED) is 0.782. The molecule has 2 aromatic carbocycles. The Hall–Kier alpha value is -0.640. The summed E-state index contributed by atoms with van der Waals surface area (Å²) in [5, 5.41) is 3.40. The van der Waals surface area contributed by atoms with Gasteiger partial charge in [0.2, 0.25) is 0 Å². The van der Waals surface area contributed by atoms with E-state index in [1.807, 2.05) is 7.05 Å². The minimum atomic E-state index is 0.300. The molecule has 0 spiro atoms. The summed E-state index contributed by atoms with van der Waals surface area (Å²) in [4.78, 5) is 0. The van der Waals surface area contributed by atoms with Crippen molar-refractivity contribution in [1.82, 2.24) is 5.32 Å². The van der Waals surface area contributed by atoms with Crippen LogP contribution in [-0.4, -0.2) is 7.05 Å². The highest BCUT2D eigenvalue weighted by Crippen LogP contribution is 2.31. The molecule has 0 saturated heterocycles. The van der Waals surface area contributed by atoms with E-state index in [0.29, 0.717) is 6.04 Å². The average molecular weight is 383 g/mol. The minimum absolute atomic E-state index is 0.300. The lowest BCUT2D eigenvalue weighted by molar-refractivity contribution is 0.589. The minimum Gasteiger partial charge on any atom is -0.313 e. The summed E-state index contributed by atoms with van der Waals surface area (Å²) in [6.45, 7) is 2.10. The molecule has 0 aliphatic heterocycles. The van der Waals surface area contributed by atoms with Crippen LogP contribution in [0.4, 0.5) is 0 Å². The second kappa shape index (κ2) is 6.69. The number of nitrogens with one attached hydrogen (secondary N) is 1. The molecule has 0 aromatic heterocycles. The molecule has 0 amide bonds. The van der Waals surface area contributed by atoms with Crippen LogP contribution in [0.5, 0.6) is 0 Å². The van der Waals surface area contributed by atoms with E-state index in [1.165, 1.54) is 16.7 Å². The summed E-state index contributed by atoms with van der Waals surface area (Å²) in [6.07, 6.45) is 0.978. The standard InChI is InChI=1S/C16H17Br2N/c1-11-8-15(18)13(10-14(11)17)16(19-2)9-12-6-4-3-5-7-12/h3-8,10,16,19H,9H2,1-2H3. The lowest BCUT2D eigenvalue weighted by Gasteiger charge is -2.19.